The van der Waals surface area contributed by atoms with Gasteiger partial charge in [-0.05, 0) is 56.4 Å². The van der Waals surface area contributed by atoms with Gasteiger partial charge in [-0.25, -0.2) is 4.98 Å². The van der Waals surface area contributed by atoms with Crippen LogP contribution in [-0.4, -0.2) is 35.6 Å². The van der Waals surface area contributed by atoms with Gasteiger partial charge in [-0.3, -0.25) is 4.79 Å². The summed E-state index contributed by atoms with van der Waals surface area (Å²) in [6, 6.07) is 12.2. The molecule has 0 spiro atoms. The summed E-state index contributed by atoms with van der Waals surface area (Å²) in [4.78, 5) is 18.1. The maximum Gasteiger partial charge on any atom is 0.161 e. The van der Waals surface area contributed by atoms with Gasteiger partial charge in [-0.2, -0.15) is 0 Å². The zero-order valence-corrected chi connectivity index (χ0v) is 15.0. The third kappa shape index (κ3) is 3.90. The van der Waals surface area contributed by atoms with E-state index in [0.29, 0.717) is 5.56 Å². The van der Waals surface area contributed by atoms with Crippen LogP contribution in [0.2, 0.25) is 0 Å². The predicted molar refractivity (Wildman–Crippen MR) is 100 cm³/mol. The average Bonchev–Trinajstić information content (AvgIpc) is 2.64. The van der Waals surface area contributed by atoms with Crippen molar-refractivity contribution in [2.45, 2.75) is 33.1 Å². The van der Waals surface area contributed by atoms with Crippen LogP contribution in [-0.2, 0) is 6.42 Å². The summed E-state index contributed by atoms with van der Waals surface area (Å²) in [6.45, 7) is 5.56. The van der Waals surface area contributed by atoms with Gasteiger partial charge in [0.25, 0.3) is 0 Å². The third-order valence-corrected chi connectivity index (χ3v) is 5.30. The Morgan fingerprint density at radius 1 is 1.28 bits per heavy atom. The van der Waals surface area contributed by atoms with Crippen LogP contribution in [0.1, 0.15) is 41.3 Å². The van der Waals surface area contributed by atoms with Gasteiger partial charge in [0.05, 0.1) is 6.61 Å². The lowest BCUT2D eigenvalue weighted by Crippen LogP contribution is -2.47. The molecule has 1 aliphatic rings. The van der Waals surface area contributed by atoms with E-state index in [2.05, 4.69) is 41.1 Å². The van der Waals surface area contributed by atoms with Crippen LogP contribution < -0.4 is 4.90 Å². The van der Waals surface area contributed by atoms with Crippen molar-refractivity contribution >= 4 is 11.6 Å². The molecule has 2 aromatic rings. The van der Waals surface area contributed by atoms with E-state index in [1.165, 1.54) is 11.1 Å². The molecule has 3 rings (SSSR count). The fourth-order valence-electron chi connectivity index (χ4n) is 3.73. The average molecular weight is 338 g/mol. The Kier molecular flexibility index (Phi) is 5.19. The monoisotopic (exact) mass is 338 g/mol. The lowest BCUT2D eigenvalue weighted by Gasteiger charge is -2.42. The number of hydrogen-bond donors (Lipinski definition) is 1. The van der Waals surface area contributed by atoms with Crippen molar-refractivity contribution in [3.05, 3.63) is 59.3 Å². The summed E-state index contributed by atoms with van der Waals surface area (Å²) in [5.41, 5.74) is 3.06. The molecule has 4 nitrogen and oxygen atoms in total. The second-order valence-corrected chi connectivity index (χ2v) is 7.25. The van der Waals surface area contributed by atoms with E-state index in [0.717, 1.165) is 38.2 Å². The van der Waals surface area contributed by atoms with Gasteiger partial charge in [0, 0.05) is 30.3 Å². The topological polar surface area (TPSA) is 53.4 Å². The molecule has 0 saturated carbocycles. The van der Waals surface area contributed by atoms with E-state index in [1.54, 1.807) is 13.1 Å². The molecule has 0 unspecified atom stereocenters. The summed E-state index contributed by atoms with van der Waals surface area (Å²) in [7, 11) is 0. The predicted octanol–water partition coefficient (Wildman–Crippen LogP) is 3.41. The zero-order chi connectivity index (χ0) is 17.9. The Bertz CT molecular complexity index is 742. The number of carbonyl (C=O) groups excluding carboxylic acids is 1. The van der Waals surface area contributed by atoms with Gasteiger partial charge in [-0.15, -0.1) is 0 Å². The molecule has 4 heteroatoms. The summed E-state index contributed by atoms with van der Waals surface area (Å²) >= 11 is 0. The molecule has 1 aromatic heterocycles. The molecule has 0 aliphatic carbocycles. The number of aliphatic hydroxyl groups is 1. The highest BCUT2D eigenvalue weighted by Crippen LogP contribution is 2.35. The number of hydrogen-bond acceptors (Lipinski definition) is 4. The standard InChI is InChI=1S/C21H26N2O2/c1-16-6-3-4-7-18(16)12-21(15-24)10-5-11-23(14-21)20-9-8-19(13-22-20)17(2)25/h3-4,6-9,13,24H,5,10-12,14-15H2,1-2H3/t21-/m1/s1. The third-order valence-electron chi connectivity index (χ3n) is 5.30. The van der Waals surface area contributed by atoms with E-state index < -0.39 is 0 Å². The molecule has 1 aliphatic heterocycles. The summed E-state index contributed by atoms with van der Waals surface area (Å²) in [5.74, 6) is 0.911. The summed E-state index contributed by atoms with van der Waals surface area (Å²) in [5, 5.41) is 10.2. The van der Waals surface area contributed by atoms with E-state index in [-0.39, 0.29) is 17.8 Å². The first-order valence-electron chi connectivity index (χ1n) is 8.90. The molecule has 1 fully saturated rings. The number of carbonyl (C=O) groups is 1. The summed E-state index contributed by atoms with van der Waals surface area (Å²) in [6.07, 6.45) is 4.56. The maximum absolute atomic E-state index is 11.4. The van der Waals surface area contributed by atoms with Crippen LogP contribution in [0.4, 0.5) is 5.82 Å². The molecule has 132 valence electrons. The van der Waals surface area contributed by atoms with E-state index >= 15 is 0 Å². The van der Waals surface area contributed by atoms with E-state index in [1.807, 2.05) is 12.1 Å². The first-order chi connectivity index (χ1) is 12.0. The van der Waals surface area contributed by atoms with Crippen LogP contribution in [0.15, 0.2) is 42.6 Å². The van der Waals surface area contributed by atoms with Gasteiger partial charge in [0.2, 0.25) is 0 Å². The molecule has 2 heterocycles. The van der Waals surface area contributed by atoms with Gasteiger partial charge in [0.1, 0.15) is 5.82 Å². The summed E-state index contributed by atoms with van der Waals surface area (Å²) < 4.78 is 0. The number of aryl methyl sites for hydroxylation is 1. The number of aromatic nitrogens is 1. The van der Waals surface area contributed by atoms with E-state index in [9.17, 15) is 9.90 Å². The molecule has 1 aromatic carbocycles. The van der Waals surface area contributed by atoms with Gasteiger partial charge < -0.3 is 10.0 Å². The number of rotatable bonds is 5. The molecular formula is C21H26N2O2. The first kappa shape index (κ1) is 17.6. The molecule has 25 heavy (non-hydrogen) atoms. The number of aliphatic hydroxyl groups excluding tert-OH is 1. The number of pyridine rings is 1. The second-order valence-electron chi connectivity index (χ2n) is 7.25. The van der Waals surface area contributed by atoms with Crippen LogP contribution in [0, 0.1) is 12.3 Å². The van der Waals surface area contributed by atoms with Crippen LogP contribution in [0.5, 0.6) is 0 Å². The number of ketones is 1. The Labute approximate surface area is 149 Å². The van der Waals surface area contributed by atoms with Gasteiger partial charge in [0.15, 0.2) is 5.78 Å². The van der Waals surface area contributed by atoms with E-state index in [4.69, 9.17) is 0 Å². The highest BCUT2D eigenvalue weighted by atomic mass is 16.3. The van der Waals surface area contributed by atoms with Crippen molar-refractivity contribution in [3.8, 4) is 0 Å². The van der Waals surface area contributed by atoms with Crippen molar-refractivity contribution in [2.24, 2.45) is 5.41 Å². The minimum atomic E-state index is -0.148. The molecule has 0 bridgehead atoms. The first-order valence-corrected chi connectivity index (χ1v) is 8.90. The number of Topliss-reactive ketones (excluding diaryl/α,β-unsaturated/α-hetero) is 1. The Balaban J connectivity index is 1.80. The minimum Gasteiger partial charge on any atom is -0.396 e. The fourth-order valence-corrected chi connectivity index (χ4v) is 3.73. The lowest BCUT2D eigenvalue weighted by molar-refractivity contribution is 0.101. The molecular weight excluding hydrogens is 312 g/mol. The van der Waals surface area contributed by atoms with Crippen molar-refractivity contribution in [2.75, 3.05) is 24.6 Å². The Hall–Kier alpha value is -2.20. The molecule has 1 atom stereocenters. The Morgan fingerprint density at radius 2 is 2.08 bits per heavy atom. The SMILES string of the molecule is CC(=O)c1ccc(N2CCC[C@@](CO)(Cc3ccccc3C)C2)nc1. The largest absolute Gasteiger partial charge is 0.396 e. The number of anilines is 1. The van der Waals surface area contributed by atoms with Crippen molar-refractivity contribution in [1.82, 2.24) is 4.98 Å². The van der Waals surface area contributed by atoms with Crippen molar-refractivity contribution < 1.29 is 9.90 Å². The quantitative estimate of drug-likeness (QED) is 0.849. The highest BCUT2D eigenvalue weighted by molar-refractivity contribution is 5.93. The van der Waals surface area contributed by atoms with Crippen LogP contribution in [0.25, 0.3) is 0 Å². The number of piperidine rings is 1. The fraction of sp³-hybridized carbons (Fsp3) is 0.429. The normalized spacial score (nSPS) is 20.5. The van der Waals surface area contributed by atoms with Gasteiger partial charge in [-0.1, -0.05) is 24.3 Å². The molecule has 1 N–H and O–H groups in total. The Morgan fingerprint density at radius 3 is 2.72 bits per heavy atom. The smallest absolute Gasteiger partial charge is 0.161 e. The zero-order valence-electron chi connectivity index (χ0n) is 15.0. The van der Waals surface area contributed by atoms with Crippen molar-refractivity contribution in [3.63, 3.8) is 0 Å². The van der Waals surface area contributed by atoms with Crippen molar-refractivity contribution in [1.29, 1.82) is 0 Å². The number of benzene rings is 1. The highest BCUT2D eigenvalue weighted by Gasteiger charge is 2.36. The molecule has 0 amide bonds. The molecule has 0 radical (unpaired) electrons. The molecule has 1 saturated heterocycles. The van der Waals surface area contributed by atoms with Gasteiger partial charge >= 0.3 is 0 Å². The number of nitrogens with zero attached hydrogens (tertiary/aromatic N) is 2. The van der Waals surface area contributed by atoms with Crippen LogP contribution in [0.3, 0.4) is 0 Å². The maximum atomic E-state index is 11.4. The van der Waals surface area contributed by atoms with Crippen LogP contribution >= 0.6 is 0 Å². The minimum absolute atomic E-state index is 0.0296. The second kappa shape index (κ2) is 7.36. The lowest BCUT2D eigenvalue weighted by atomic mass is 9.75.